The summed E-state index contributed by atoms with van der Waals surface area (Å²) in [7, 11) is 1.50. The van der Waals surface area contributed by atoms with E-state index in [0.717, 1.165) is 19.3 Å². The van der Waals surface area contributed by atoms with Crippen molar-refractivity contribution in [2.45, 2.75) is 58.3 Å². The van der Waals surface area contributed by atoms with Crippen molar-refractivity contribution < 1.29 is 23.4 Å². The Bertz CT molecular complexity index is 1090. The molecule has 0 saturated heterocycles. The average Bonchev–Trinajstić information content (AvgIpc) is 2.84. The standard InChI is InChI=1S/C27H32O6/c1-3-4-5-6-7-8-9-13-19-31-24-21-17-14-18-22(30-2)23(21)32-27(29)25(24)33-26(28)20-15-11-10-12-16-20/h10-12,14-18H,3-9,13,19H2,1-2H3. The van der Waals surface area contributed by atoms with Gasteiger partial charge in [-0.05, 0) is 30.7 Å². The summed E-state index contributed by atoms with van der Waals surface area (Å²) in [6.07, 6.45) is 9.33. The van der Waals surface area contributed by atoms with Gasteiger partial charge in [-0.15, -0.1) is 0 Å². The topological polar surface area (TPSA) is 75.0 Å². The van der Waals surface area contributed by atoms with Crippen LogP contribution in [-0.2, 0) is 0 Å². The second kappa shape index (κ2) is 12.7. The molecule has 0 unspecified atom stereocenters. The quantitative estimate of drug-likeness (QED) is 0.166. The van der Waals surface area contributed by atoms with Crippen molar-refractivity contribution in [3.8, 4) is 17.2 Å². The van der Waals surface area contributed by atoms with Gasteiger partial charge in [0.2, 0.25) is 0 Å². The highest BCUT2D eigenvalue weighted by Gasteiger charge is 2.23. The molecule has 0 fully saturated rings. The van der Waals surface area contributed by atoms with Crippen LogP contribution in [0.25, 0.3) is 11.0 Å². The molecule has 3 aromatic rings. The number of para-hydroxylation sites is 1. The van der Waals surface area contributed by atoms with Crippen LogP contribution in [-0.4, -0.2) is 19.7 Å². The first-order valence-corrected chi connectivity index (χ1v) is 11.7. The number of esters is 1. The molecule has 2 aromatic carbocycles. The van der Waals surface area contributed by atoms with Crippen molar-refractivity contribution in [1.82, 2.24) is 0 Å². The van der Waals surface area contributed by atoms with E-state index in [1.165, 1.54) is 39.2 Å². The maximum atomic E-state index is 12.8. The molecule has 6 nitrogen and oxygen atoms in total. The van der Waals surface area contributed by atoms with Gasteiger partial charge in [0, 0.05) is 0 Å². The molecule has 6 heteroatoms. The highest BCUT2D eigenvalue weighted by Crippen LogP contribution is 2.37. The van der Waals surface area contributed by atoms with E-state index in [-0.39, 0.29) is 17.1 Å². The Morgan fingerprint density at radius 3 is 2.24 bits per heavy atom. The Balaban J connectivity index is 1.77. The number of hydrogen-bond donors (Lipinski definition) is 0. The molecule has 0 aliphatic heterocycles. The second-order valence-corrected chi connectivity index (χ2v) is 7.96. The largest absolute Gasteiger partial charge is 0.493 e. The van der Waals surface area contributed by atoms with Crippen molar-refractivity contribution in [1.29, 1.82) is 0 Å². The zero-order chi connectivity index (χ0) is 23.5. The summed E-state index contributed by atoms with van der Waals surface area (Å²) in [5.41, 5.74) is -0.200. The van der Waals surface area contributed by atoms with E-state index in [0.29, 0.717) is 23.3 Å². The molecule has 3 rings (SSSR count). The van der Waals surface area contributed by atoms with Crippen LogP contribution in [0.15, 0.2) is 57.7 Å². The van der Waals surface area contributed by atoms with E-state index in [1.807, 2.05) is 0 Å². The minimum Gasteiger partial charge on any atom is -0.493 e. The molecule has 1 aromatic heterocycles. The van der Waals surface area contributed by atoms with Crippen LogP contribution < -0.4 is 19.8 Å². The van der Waals surface area contributed by atoms with Crippen molar-refractivity contribution in [2.24, 2.45) is 0 Å². The van der Waals surface area contributed by atoms with Crippen LogP contribution >= 0.6 is 0 Å². The molecule has 1 heterocycles. The minimum absolute atomic E-state index is 0.201. The third-order valence-electron chi connectivity index (χ3n) is 5.48. The lowest BCUT2D eigenvalue weighted by molar-refractivity contribution is 0.0721. The van der Waals surface area contributed by atoms with Crippen LogP contribution in [0.5, 0.6) is 17.2 Å². The van der Waals surface area contributed by atoms with E-state index < -0.39 is 11.6 Å². The van der Waals surface area contributed by atoms with Gasteiger partial charge in [0.1, 0.15) is 0 Å². The lowest BCUT2D eigenvalue weighted by atomic mass is 10.1. The third-order valence-corrected chi connectivity index (χ3v) is 5.48. The number of methoxy groups -OCH3 is 1. The first-order valence-electron chi connectivity index (χ1n) is 11.7. The number of ether oxygens (including phenoxy) is 3. The monoisotopic (exact) mass is 452 g/mol. The zero-order valence-corrected chi connectivity index (χ0v) is 19.4. The van der Waals surface area contributed by atoms with Crippen molar-refractivity contribution in [3.63, 3.8) is 0 Å². The molecule has 0 radical (unpaired) electrons. The fourth-order valence-corrected chi connectivity index (χ4v) is 3.68. The number of unbranched alkanes of at least 4 members (excludes halogenated alkanes) is 7. The fraction of sp³-hybridized carbons (Fsp3) is 0.407. The maximum absolute atomic E-state index is 12.8. The number of carbonyl (C=O) groups is 1. The second-order valence-electron chi connectivity index (χ2n) is 7.96. The molecule has 176 valence electrons. The van der Waals surface area contributed by atoms with Gasteiger partial charge in [0.05, 0.1) is 24.7 Å². The first kappa shape index (κ1) is 24.4. The number of fused-ring (bicyclic) bond motifs is 1. The predicted octanol–water partition coefficient (Wildman–Crippen LogP) is 6.54. The first-order chi connectivity index (χ1) is 16.2. The van der Waals surface area contributed by atoms with Crippen LogP contribution in [0.2, 0.25) is 0 Å². The van der Waals surface area contributed by atoms with E-state index in [9.17, 15) is 9.59 Å². The van der Waals surface area contributed by atoms with Gasteiger partial charge >= 0.3 is 11.6 Å². The Morgan fingerprint density at radius 1 is 0.848 bits per heavy atom. The minimum atomic E-state index is -0.790. The van der Waals surface area contributed by atoms with Gasteiger partial charge in [0.25, 0.3) is 5.75 Å². The number of carbonyl (C=O) groups excluding carboxylic acids is 1. The van der Waals surface area contributed by atoms with Gasteiger partial charge < -0.3 is 18.6 Å². The Kier molecular flexibility index (Phi) is 9.36. The van der Waals surface area contributed by atoms with Crippen LogP contribution in [0, 0.1) is 0 Å². The molecule has 0 saturated carbocycles. The lowest BCUT2D eigenvalue weighted by Crippen LogP contribution is -2.16. The fourth-order valence-electron chi connectivity index (χ4n) is 3.68. The molecule has 33 heavy (non-hydrogen) atoms. The molecule has 0 spiro atoms. The van der Waals surface area contributed by atoms with Gasteiger partial charge in [-0.25, -0.2) is 9.59 Å². The maximum Gasteiger partial charge on any atom is 0.383 e. The number of benzene rings is 2. The van der Waals surface area contributed by atoms with E-state index in [1.54, 1.807) is 48.5 Å². The highest BCUT2D eigenvalue weighted by molar-refractivity contribution is 5.94. The summed E-state index contributed by atoms with van der Waals surface area (Å²) >= 11 is 0. The smallest absolute Gasteiger partial charge is 0.383 e. The van der Waals surface area contributed by atoms with Gasteiger partial charge in [-0.1, -0.05) is 76.1 Å². The third kappa shape index (κ3) is 6.60. The predicted molar refractivity (Wildman–Crippen MR) is 129 cm³/mol. The van der Waals surface area contributed by atoms with E-state index in [4.69, 9.17) is 18.6 Å². The summed E-state index contributed by atoms with van der Waals surface area (Å²) < 4.78 is 22.3. The Morgan fingerprint density at radius 2 is 1.55 bits per heavy atom. The van der Waals surface area contributed by atoms with Crippen LogP contribution in [0.4, 0.5) is 0 Å². The molecule has 0 atom stereocenters. The van der Waals surface area contributed by atoms with Crippen molar-refractivity contribution in [2.75, 3.05) is 13.7 Å². The highest BCUT2D eigenvalue weighted by atomic mass is 16.6. The van der Waals surface area contributed by atoms with Crippen LogP contribution in [0.1, 0.15) is 68.6 Å². The average molecular weight is 453 g/mol. The number of hydrogen-bond acceptors (Lipinski definition) is 6. The van der Waals surface area contributed by atoms with Crippen molar-refractivity contribution in [3.05, 3.63) is 64.5 Å². The molecule has 0 aliphatic carbocycles. The molecular formula is C27H32O6. The number of rotatable bonds is 13. The SMILES string of the molecule is CCCCCCCCCCOc1c(OC(=O)c2ccccc2)c(=O)oc2c(OC)cccc12. The van der Waals surface area contributed by atoms with Gasteiger partial charge in [-0.2, -0.15) is 0 Å². The summed E-state index contributed by atoms with van der Waals surface area (Å²) in [6, 6.07) is 13.7. The van der Waals surface area contributed by atoms with Crippen molar-refractivity contribution >= 4 is 16.9 Å². The lowest BCUT2D eigenvalue weighted by Gasteiger charge is -2.14. The summed E-state index contributed by atoms with van der Waals surface area (Å²) in [5.74, 6) is -0.291. The molecule has 0 aliphatic rings. The van der Waals surface area contributed by atoms with E-state index >= 15 is 0 Å². The normalized spacial score (nSPS) is 10.8. The molecular weight excluding hydrogens is 420 g/mol. The molecule has 0 amide bonds. The van der Waals surface area contributed by atoms with Gasteiger partial charge in [0.15, 0.2) is 17.1 Å². The summed E-state index contributed by atoms with van der Waals surface area (Å²) in [6.45, 7) is 2.62. The summed E-state index contributed by atoms with van der Waals surface area (Å²) in [4.78, 5) is 25.4. The summed E-state index contributed by atoms with van der Waals surface area (Å²) in [5, 5.41) is 0.518. The van der Waals surface area contributed by atoms with Gasteiger partial charge in [-0.3, -0.25) is 0 Å². The molecule has 0 N–H and O–H groups in total. The van der Waals surface area contributed by atoms with E-state index in [2.05, 4.69) is 6.92 Å². The zero-order valence-electron chi connectivity index (χ0n) is 19.4. The van der Waals surface area contributed by atoms with Crippen LogP contribution in [0.3, 0.4) is 0 Å². The Hall–Kier alpha value is -3.28. The molecule has 0 bridgehead atoms. The Labute approximate surface area is 194 Å².